The minimum Gasteiger partial charge on any atom is -0.289 e. The molecule has 4 aromatic rings. The standard InChI is InChI=1S/C17H10F3N5OS/c18-17(19,20)15-23-16(25-24-15)22-14(26)10-8-12(13-6-3-7-27-13)21-11-5-2-1-4-9(10)11/h1-8H,(H2,22,23,24,25,26). The molecular weight excluding hydrogens is 379 g/mol. The van der Waals surface area contributed by atoms with Crippen LogP contribution in [0.1, 0.15) is 16.2 Å². The summed E-state index contributed by atoms with van der Waals surface area (Å²) in [6, 6.07) is 12.4. The molecule has 3 aromatic heterocycles. The second-order valence-corrected chi connectivity index (χ2v) is 6.46. The van der Waals surface area contributed by atoms with Gasteiger partial charge in [0.1, 0.15) is 0 Å². The number of nitrogens with zero attached hydrogens (tertiary/aromatic N) is 3. The number of hydrogen-bond donors (Lipinski definition) is 2. The Kier molecular flexibility index (Phi) is 4.11. The largest absolute Gasteiger partial charge is 0.451 e. The van der Waals surface area contributed by atoms with Crippen LogP contribution in [0.25, 0.3) is 21.5 Å². The Labute approximate surface area is 154 Å². The van der Waals surface area contributed by atoms with Crippen molar-refractivity contribution in [3.05, 3.63) is 59.2 Å². The Morgan fingerprint density at radius 1 is 1.11 bits per heavy atom. The number of carbonyl (C=O) groups is 1. The third kappa shape index (κ3) is 3.38. The van der Waals surface area contributed by atoms with E-state index in [4.69, 9.17) is 0 Å². The van der Waals surface area contributed by atoms with Gasteiger partial charge in [-0.05, 0) is 23.6 Å². The van der Waals surface area contributed by atoms with Crippen molar-refractivity contribution in [1.29, 1.82) is 0 Å². The lowest BCUT2D eigenvalue weighted by Gasteiger charge is -2.08. The molecular formula is C17H10F3N5OS. The Morgan fingerprint density at radius 3 is 2.63 bits per heavy atom. The van der Waals surface area contributed by atoms with Crippen molar-refractivity contribution in [3.8, 4) is 10.6 Å². The van der Waals surface area contributed by atoms with Crippen LogP contribution in [0.5, 0.6) is 0 Å². The van der Waals surface area contributed by atoms with Crippen LogP contribution in [0.15, 0.2) is 47.8 Å². The van der Waals surface area contributed by atoms with E-state index in [-0.39, 0.29) is 5.56 Å². The molecule has 0 atom stereocenters. The van der Waals surface area contributed by atoms with Crippen LogP contribution in [0, 0.1) is 0 Å². The fourth-order valence-electron chi connectivity index (χ4n) is 2.53. The van der Waals surface area contributed by atoms with Gasteiger partial charge in [0.25, 0.3) is 5.91 Å². The summed E-state index contributed by atoms with van der Waals surface area (Å²) in [6.45, 7) is 0. The van der Waals surface area contributed by atoms with E-state index in [1.165, 1.54) is 11.3 Å². The summed E-state index contributed by atoms with van der Waals surface area (Å²) in [5.74, 6) is -2.36. The lowest BCUT2D eigenvalue weighted by atomic mass is 10.1. The van der Waals surface area contributed by atoms with Crippen molar-refractivity contribution in [3.63, 3.8) is 0 Å². The molecule has 0 fully saturated rings. The summed E-state index contributed by atoms with van der Waals surface area (Å²) in [6.07, 6.45) is -4.67. The summed E-state index contributed by atoms with van der Waals surface area (Å²) in [5, 5.41) is 9.92. The van der Waals surface area contributed by atoms with E-state index in [0.29, 0.717) is 16.6 Å². The number of rotatable bonds is 3. The van der Waals surface area contributed by atoms with Gasteiger partial charge in [-0.25, -0.2) is 4.98 Å². The number of thiophene rings is 1. The molecule has 136 valence electrons. The van der Waals surface area contributed by atoms with Crippen LogP contribution in [0.4, 0.5) is 19.1 Å². The summed E-state index contributed by atoms with van der Waals surface area (Å²) >= 11 is 1.47. The Hall–Kier alpha value is -3.27. The van der Waals surface area contributed by atoms with Crippen LogP contribution in [0.3, 0.4) is 0 Å². The number of alkyl halides is 3. The molecule has 1 amide bonds. The second-order valence-electron chi connectivity index (χ2n) is 5.51. The molecule has 0 unspecified atom stereocenters. The van der Waals surface area contributed by atoms with Gasteiger partial charge in [0.15, 0.2) is 0 Å². The van der Waals surface area contributed by atoms with E-state index in [9.17, 15) is 18.0 Å². The van der Waals surface area contributed by atoms with Gasteiger partial charge in [0.2, 0.25) is 11.8 Å². The Bertz CT molecular complexity index is 1120. The highest BCUT2D eigenvalue weighted by Gasteiger charge is 2.35. The highest BCUT2D eigenvalue weighted by molar-refractivity contribution is 7.13. The molecule has 0 radical (unpaired) electrons. The fourth-order valence-corrected chi connectivity index (χ4v) is 3.21. The van der Waals surface area contributed by atoms with E-state index < -0.39 is 23.9 Å². The van der Waals surface area contributed by atoms with Gasteiger partial charge in [0, 0.05) is 5.39 Å². The lowest BCUT2D eigenvalue weighted by Crippen LogP contribution is -2.14. The van der Waals surface area contributed by atoms with Gasteiger partial charge in [0.05, 0.1) is 21.7 Å². The number of anilines is 1. The number of fused-ring (bicyclic) bond motifs is 1. The number of pyridine rings is 1. The van der Waals surface area contributed by atoms with Crippen molar-refractivity contribution < 1.29 is 18.0 Å². The van der Waals surface area contributed by atoms with Crippen LogP contribution in [0.2, 0.25) is 0 Å². The minimum absolute atomic E-state index is 0.266. The quantitative estimate of drug-likeness (QED) is 0.546. The monoisotopic (exact) mass is 389 g/mol. The molecule has 0 bridgehead atoms. The molecule has 0 aliphatic carbocycles. The molecule has 0 saturated carbocycles. The van der Waals surface area contributed by atoms with E-state index in [1.54, 1.807) is 35.4 Å². The van der Waals surface area contributed by atoms with E-state index in [0.717, 1.165) is 4.88 Å². The molecule has 0 spiro atoms. The molecule has 1 aromatic carbocycles. The molecule has 6 nitrogen and oxygen atoms in total. The molecule has 2 N–H and O–H groups in total. The zero-order valence-electron chi connectivity index (χ0n) is 13.4. The number of carbonyl (C=O) groups excluding carboxylic acids is 1. The predicted molar refractivity (Wildman–Crippen MR) is 94.4 cm³/mol. The number of para-hydroxylation sites is 1. The predicted octanol–water partition coefficient (Wildman–Crippen LogP) is 4.35. The number of aromatic amines is 1. The van der Waals surface area contributed by atoms with Crippen molar-refractivity contribution in [2.24, 2.45) is 0 Å². The Morgan fingerprint density at radius 2 is 1.93 bits per heavy atom. The maximum atomic E-state index is 12.7. The normalized spacial score (nSPS) is 11.7. The summed E-state index contributed by atoms with van der Waals surface area (Å²) in [4.78, 5) is 21.4. The maximum Gasteiger partial charge on any atom is 0.451 e. The van der Waals surface area contributed by atoms with E-state index in [2.05, 4.69) is 20.4 Å². The first kappa shape index (κ1) is 17.2. The first-order valence-corrected chi connectivity index (χ1v) is 8.54. The van der Waals surface area contributed by atoms with Crippen molar-refractivity contribution in [2.75, 3.05) is 5.32 Å². The molecule has 0 aliphatic rings. The first-order valence-electron chi connectivity index (χ1n) is 7.66. The van der Waals surface area contributed by atoms with Crippen molar-refractivity contribution in [1.82, 2.24) is 20.2 Å². The second kappa shape index (κ2) is 6.47. The number of H-pyrrole nitrogens is 1. The highest BCUT2D eigenvalue weighted by atomic mass is 32.1. The SMILES string of the molecule is O=C(Nc1n[nH]c(C(F)(F)F)n1)c1cc(-c2cccs2)nc2ccccc12. The summed E-state index contributed by atoms with van der Waals surface area (Å²) < 4.78 is 37.9. The summed E-state index contributed by atoms with van der Waals surface area (Å²) in [7, 11) is 0. The molecule has 10 heteroatoms. The van der Waals surface area contributed by atoms with Gasteiger partial charge in [-0.3, -0.25) is 15.2 Å². The highest BCUT2D eigenvalue weighted by Crippen LogP contribution is 2.29. The average molecular weight is 389 g/mol. The number of benzene rings is 1. The molecule has 4 rings (SSSR count). The molecule has 0 saturated heterocycles. The van der Waals surface area contributed by atoms with Gasteiger partial charge < -0.3 is 0 Å². The van der Waals surface area contributed by atoms with Crippen LogP contribution >= 0.6 is 11.3 Å². The third-order valence-corrected chi connectivity index (χ3v) is 4.61. The number of hydrogen-bond acceptors (Lipinski definition) is 5. The fraction of sp³-hybridized carbons (Fsp3) is 0.0588. The average Bonchev–Trinajstić information content (AvgIpc) is 3.32. The minimum atomic E-state index is -4.67. The molecule has 3 heterocycles. The number of nitrogens with one attached hydrogen (secondary N) is 2. The van der Waals surface area contributed by atoms with Crippen LogP contribution in [-0.2, 0) is 6.18 Å². The van der Waals surface area contributed by atoms with Crippen LogP contribution < -0.4 is 5.32 Å². The third-order valence-electron chi connectivity index (χ3n) is 3.71. The molecule has 27 heavy (non-hydrogen) atoms. The smallest absolute Gasteiger partial charge is 0.289 e. The van der Waals surface area contributed by atoms with Crippen LogP contribution in [-0.4, -0.2) is 26.1 Å². The number of halogens is 3. The zero-order chi connectivity index (χ0) is 19.0. The number of aromatic nitrogens is 4. The Balaban J connectivity index is 1.73. The number of amides is 1. The first-order chi connectivity index (χ1) is 12.9. The molecule has 0 aliphatic heterocycles. The summed E-state index contributed by atoms with van der Waals surface area (Å²) in [5.41, 5.74) is 1.46. The van der Waals surface area contributed by atoms with Crippen molar-refractivity contribution in [2.45, 2.75) is 6.18 Å². The topological polar surface area (TPSA) is 83.6 Å². The van der Waals surface area contributed by atoms with Gasteiger partial charge in [-0.15, -0.1) is 16.4 Å². The van der Waals surface area contributed by atoms with E-state index >= 15 is 0 Å². The maximum absolute atomic E-state index is 12.7. The van der Waals surface area contributed by atoms with Gasteiger partial charge in [-0.1, -0.05) is 24.3 Å². The van der Waals surface area contributed by atoms with Crippen molar-refractivity contribution >= 4 is 34.1 Å². The van der Waals surface area contributed by atoms with E-state index in [1.807, 2.05) is 17.5 Å². The van der Waals surface area contributed by atoms with Gasteiger partial charge in [-0.2, -0.15) is 18.2 Å². The lowest BCUT2D eigenvalue weighted by molar-refractivity contribution is -0.144. The zero-order valence-corrected chi connectivity index (χ0v) is 14.2. The van der Waals surface area contributed by atoms with Gasteiger partial charge >= 0.3 is 6.18 Å².